The van der Waals surface area contributed by atoms with Gasteiger partial charge < -0.3 is 29.1 Å². The lowest BCUT2D eigenvalue weighted by atomic mass is 10.1. The SMILES string of the molecule is CC(C)N(C(=O)c1ccc(Cl)cn1)c1ccc(Oc2ncc(Cc3cncnc3)cc2C(F)(F)F)cc1C(=O)O.COC(=O)c1cc(Oc2ncc(CCl)cc2C(F)(F)F)ccc1N(C(=O)c1ccc(Cl)cn1)C(C)C. The van der Waals surface area contributed by atoms with Crippen LogP contribution in [0.2, 0.25) is 10.0 Å². The van der Waals surface area contributed by atoms with Gasteiger partial charge in [0.05, 0.1) is 39.7 Å². The van der Waals surface area contributed by atoms with Crippen LogP contribution >= 0.6 is 34.8 Å². The van der Waals surface area contributed by atoms with Gasteiger partial charge in [-0.15, -0.1) is 11.6 Å². The number of carboxylic acid groups (broad SMARTS) is 1. The quantitative estimate of drug-likeness (QED) is 0.0577. The van der Waals surface area contributed by atoms with Gasteiger partial charge in [-0.3, -0.25) is 9.59 Å². The number of aromatic carboxylic acids is 1. The van der Waals surface area contributed by atoms with Crippen molar-refractivity contribution in [3.8, 4) is 23.3 Å². The normalized spacial score (nSPS) is 11.4. The van der Waals surface area contributed by atoms with E-state index in [0.717, 1.165) is 31.5 Å². The Morgan fingerprint density at radius 1 is 0.592 bits per heavy atom. The fourth-order valence-electron chi connectivity index (χ4n) is 7.13. The number of anilines is 2. The number of ether oxygens (including phenoxy) is 3. The molecule has 0 aliphatic heterocycles. The lowest BCUT2D eigenvalue weighted by Crippen LogP contribution is -2.38. The minimum Gasteiger partial charge on any atom is -0.478 e. The molecule has 7 rings (SSSR count). The first-order chi connectivity index (χ1) is 35.9. The van der Waals surface area contributed by atoms with E-state index in [9.17, 15) is 50.6 Å². The van der Waals surface area contributed by atoms with Crippen molar-refractivity contribution in [2.24, 2.45) is 0 Å². The number of hydrogen-bond donors (Lipinski definition) is 1. The second-order valence-electron chi connectivity index (χ2n) is 16.6. The molecule has 0 bridgehead atoms. The molecule has 0 saturated heterocycles. The number of halogens is 9. The number of rotatable bonds is 15. The summed E-state index contributed by atoms with van der Waals surface area (Å²) in [5.41, 5.74) is -1.52. The van der Waals surface area contributed by atoms with E-state index in [2.05, 4.69) is 29.9 Å². The molecule has 0 aliphatic rings. The lowest BCUT2D eigenvalue weighted by Gasteiger charge is -2.28. The van der Waals surface area contributed by atoms with Crippen molar-refractivity contribution in [1.82, 2.24) is 29.9 Å². The van der Waals surface area contributed by atoms with E-state index >= 15 is 0 Å². The van der Waals surface area contributed by atoms with Crippen LogP contribution in [-0.2, 0) is 29.4 Å². The van der Waals surface area contributed by atoms with Crippen LogP contribution in [0.4, 0.5) is 37.7 Å². The predicted molar refractivity (Wildman–Crippen MR) is 267 cm³/mol. The monoisotopic (exact) mass is 1110 g/mol. The predicted octanol–water partition coefficient (Wildman–Crippen LogP) is 12.6. The molecule has 2 aromatic carbocycles. The van der Waals surface area contributed by atoms with Crippen molar-refractivity contribution in [1.29, 1.82) is 0 Å². The number of benzene rings is 2. The van der Waals surface area contributed by atoms with Crippen molar-refractivity contribution in [3.05, 3.63) is 177 Å². The number of methoxy groups -OCH3 is 1. The molecule has 1 N–H and O–H groups in total. The van der Waals surface area contributed by atoms with E-state index in [4.69, 9.17) is 49.0 Å². The highest BCUT2D eigenvalue weighted by molar-refractivity contribution is 6.30. The van der Waals surface area contributed by atoms with Crippen molar-refractivity contribution >= 4 is 69.9 Å². The number of amides is 2. The number of pyridine rings is 4. The first-order valence-corrected chi connectivity index (χ1v) is 23.5. The Morgan fingerprint density at radius 3 is 1.45 bits per heavy atom. The number of nitrogens with zero attached hydrogens (tertiary/aromatic N) is 8. The fraction of sp³-hybridized carbons (Fsp3) is 0.216. The smallest absolute Gasteiger partial charge is 0.421 e. The minimum absolute atomic E-state index is 0.000956. The maximum absolute atomic E-state index is 13.9. The van der Waals surface area contributed by atoms with Gasteiger partial charge in [0.2, 0.25) is 11.8 Å². The summed E-state index contributed by atoms with van der Waals surface area (Å²) in [7, 11) is 1.14. The van der Waals surface area contributed by atoms with Gasteiger partial charge in [0.1, 0.15) is 40.3 Å². The molecule has 0 unspecified atom stereocenters. The van der Waals surface area contributed by atoms with Gasteiger partial charge in [-0.25, -0.2) is 39.5 Å². The highest BCUT2D eigenvalue weighted by Crippen LogP contribution is 2.41. The third-order valence-electron chi connectivity index (χ3n) is 10.5. The fourth-order valence-corrected chi connectivity index (χ4v) is 7.50. The van der Waals surface area contributed by atoms with Crippen LogP contribution in [0.5, 0.6) is 23.3 Å². The number of carbonyl (C=O) groups is 4. The van der Waals surface area contributed by atoms with Crippen molar-refractivity contribution in [2.75, 3.05) is 16.9 Å². The second-order valence-corrected chi connectivity index (χ2v) is 17.7. The molecule has 25 heteroatoms. The zero-order chi connectivity index (χ0) is 55.6. The van der Waals surface area contributed by atoms with Crippen LogP contribution in [0.3, 0.4) is 0 Å². The van der Waals surface area contributed by atoms with E-state index in [1.807, 2.05) is 0 Å². The molecule has 0 fully saturated rings. The average molecular weight is 1110 g/mol. The summed E-state index contributed by atoms with van der Waals surface area (Å²) >= 11 is 17.3. The molecular formula is C51H41Cl3F6N8O8. The molecule has 7 aromatic rings. The molecule has 2 amide bonds. The van der Waals surface area contributed by atoms with Crippen LogP contribution in [0, 0.1) is 0 Å². The van der Waals surface area contributed by atoms with E-state index in [1.54, 1.807) is 27.7 Å². The van der Waals surface area contributed by atoms with Crippen molar-refractivity contribution in [2.45, 2.75) is 64.4 Å². The van der Waals surface area contributed by atoms with E-state index in [-0.39, 0.29) is 68.8 Å². The molecule has 16 nitrogen and oxygen atoms in total. The summed E-state index contributed by atoms with van der Waals surface area (Å²) in [6.07, 6.45) is -0.221. The summed E-state index contributed by atoms with van der Waals surface area (Å²) in [6, 6.07) is 14.0. The third-order valence-corrected chi connectivity index (χ3v) is 11.2. The number of carbonyl (C=O) groups excluding carboxylic acids is 3. The highest BCUT2D eigenvalue weighted by atomic mass is 35.5. The van der Waals surface area contributed by atoms with Gasteiger partial charge in [0, 0.05) is 61.6 Å². The Hall–Kier alpha value is -7.95. The topological polar surface area (TPSA) is 200 Å². The van der Waals surface area contributed by atoms with E-state index < -0.39 is 71.1 Å². The molecule has 5 aromatic heterocycles. The van der Waals surface area contributed by atoms with Gasteiger partial charge in [-0.1, -0.05) is 23.2 Å². The maximum atomic E-state index is 13.9. The molecule has 0 spiro atoms. The molecule has 76 heavy (non-hydrogen) atoms. The molecule has 5 heterocycles. The molecule has 0 aliphatic carbocycles. The Balaban J connectivity index is 0.000000248. The van der Waals surface area contributed by atoms with E-state index in [0.29, 0.717) is 15.6 Å². The Labute approximate surface area is 444 Å². The number of hydrogen-bond acceptors (Lipinski definition) is 13. The number of aromatic nitrogens is 6. The summed E-state index contributed by atoms with van der Waals surface area (Å²) in [6.45, 7) is 6.79. The van der Waals surface area contributed by atoms with Crippen LogP contribution in [0.25, 0.3) is 0 Å². The second kappa shape index (κ2) is 24.6. The van der Waals surface area contributed by atoms with Crippen LogP contribution in [-0.4, -0.2) is 78.0 Å². The molecular weight excluding hydrogens is 1070 g/mol. The summed E-state index contributed by atoms with van der Waals surface area (Å²) in [5.74, 6) is -5.37. The minimum atomic E-state index is -4.81. The van der Waals surface area contributed by atoms with Gasteiger partial charge >= 0.3 is 24.3 Å². The van der Waals surface area contributed by atoms with Gasteiger partial charge in [-0.2, -0.15) is 26.3 Å². The number of carboxylic acids is 1. The number of alkyl halides is 7. The van der Waals surface area contributed by atoms with Crippen LogP contribution < -0.4 is 19.3 Å². The highest BCUT2D eigenvalue weighted by Gasteiger charge is 2.38. The largest absolute Gasteiger partial charge is 0.478 e. The standard InChI is InChI=1S/C27H21ClF3N5O4.C24H20Cl2F3N3O4/c1-15(2)36(25(37)22-5-3-18(28)13-34-22)23-6-4-19(9-20(23)26(38)39)40-24-21(27(29,30)31)8-16(12-35-24)7-17-10-32-14-33-11-17;1-13(2)32(22(33)19-6-4-15(26)12-30-19)20-7-5-16(9-17(20)23(34)35-3)36-21-18(24(27,28)29)8-14(10-25)11-31-21/h3-6,8-15H,7H2,1-2H3,(H,38,39);4-9,11-13H,10H2,1-3H3. The Kier molecular flexibility index (Phi) is 18.6. The van der Waals surface area contributed by atoms with Crippen LogP contribution in [0.15, 0.2) is 116 Å². The first kappa shape index (κ1) is 57.3. The van der Waals surface area contributed by atoms with Gasteiger partial charge in [0.15, 0.2) is 0 Å². The first-order valence-electron chi connectivity index (χ1n) is 22.2. The molecule has 396 valence electrons. The van der Waals surface area contributed by atoms with Gasteiger partial charge in [0.25, 0.3) is 11.8 Å². The lowest BCUT2D eigenvalue weighted by molar-refractivity contribution is -0.139. The average Bonchev–Trinajstić information content (AvgIpc) is 3.37. The zero-order valence-corrected chi connectivity index (χ0v) is 42.6. The van der Waals surface area contributed by atoms with Crippen molar-refractivity contribution < 1.29 is 64.8 Å². The molecule has 0 saturated carbocycles. The number of esters is 1. The molecule has 0 radical (unpaired) electrons. The van der Waals surface area contributed by atoms with Crippen molar-refractivity contribution in [3.63, 3.8) is 0 Å². The Morgan fingerprint density at radius 2 is 1.04 bits per heavy atom. The summed E-state index contributed by atoms with van der Waals surface area (Å²) in [4.78, 5) is 77.1. The third kappa shape index (κ3) is 14.2. The van der Waals surface area contributed by atoms with E-state index in [1.165, 1.54) is 102 Å². The Bertz CT molecular complexity index is 3230. The van der Waals surface area contributed by atoms with Gasteiger partial charge in [-0.05, 0) is 117 Å². The summed E-state index contributed by atoms with van der Waals surface area (Å²) in [5, 5.41) is 10.6. The maximum Gasteiger partial charge on any atom is 0.421 e. The zero-order valence-electron chi connectivity index (χ0n) is 40.3. The molecule has 0 atom stereocenters. The summed E-state index contributed by atoms with van der Waals surface area (Å²) < 4.78 is 98.1. The van der Waals surface area contributed by atoms with Crippen LogP contribution in [0.1, 0.15) is 97.2 Å².